The molecule has 100 valence electrons. The quantitative estimate of drug-likeness (QED) is 0.749. The Kier molecular flexibility index (Phi) is 4.79. The van der Waals surface area contributed by atoms with Crippen LogP contribution in [0.25, 0.3) is 0 Å². The standard InChI is InChI=1S/C13H25NO3/c15-9-10-17-12-3-7-14(8-4-12)11-13(16)5-1-2-6-13/h12,15-16H,1-11H2. The lowest BCUT2D eigenvalue weighted by atomic mass is 9.99. The Labute approximate surface area is 104 Å². The number of hydrogen-bond acceptors (Lipinski definition) is 4. The summed E-state index contributed by atoms with van der Waals surface area (Å²) in [5, 5.41) is 19.0. The number of aliphatic hydroxyl groups is 2. The van der Waals surface area contributed by atoms with Gasteiger partial charge in [0.15, 0.2) is 0 Å². The molecule has 0 amide bonds. The summed E-state index contributed by atoms with van der Waals surface area (Å²) < 4.78 is 5.54. The van der Waals surface area contributed by atoms with Crippen molar-refractivity contribution in [2.45, 2.75) is 50.2 Å². The zero-order valence-corrected chi connectivity index (χ0v) is 10.6. The van der Waals surface area contributed by atoms with E-state index in [4.69, 9.17) is 9.84 Å². The molecule has 0 aromatic rings. The van der Waals surface area contributed by atoms with Crippen LogP contribution in [-0.2, 0) is 4.74 Å². The number of nitrogens with zero attached hydrogens (tertiary/aromatic N) is 1. The van der Waals surface area contributed by atoms with Crippen LogP contribution >= 0.6 is 0 Å². The molecule has 2 aliphatic rings. The van der Waals surface area contributed by atoms with Crippen LogP contribution < -0.4 is 0 Å². The van der Waals surface area contributed by atoms with E-state index in [1.807, 2.05) is 0 Å². The van der Waals surface area contributed by atoms with E-state index in [2.05, 4.69) is 4.90 Å². The van der Waals surface area contributed by atoms with Crippen molar-refractivity contribution in [2.75, 3.05) is 32.8 Å². The van der Waals surface area contributed by atoms with Crippen molar-refractivity contribution >= 4 is 0 Å². The van der Waals surface area contributed by atoms with Gasteiger partial charge in [-0.2, -0.15) is 0 Å². The smallest absolute Gasteiger partial charge is 0.0774 e. The molecule has 0 bridgehead atoms. The lowest BCUT2D eigenvalue weighted by molar-refractivity contribution is -0.0347. The zero-order valence-electron chi connectivity index (χ0n) is 10.6. The fourth-order valence-electron chi connectivity index (χ4n) is 3.06. The summed E-state index contributed by atoms with van der Waals surface area (Å²) >= 11 is 0. The SMILES string of the molecule is OCCOC1CCN(CC2(O)CCCC2)CC1. The monoisotopic (exact) mass is 243 g/mol. The summed E-state index contributed by atoms with van der Waals surface area (Å²) in [6.07, 6.45) is 6.63. The first-order valence-corrected chi connectivity index (χ1v) is 6.89. The molecule has 1 saturated carbocycles. The molecular weight excluding hydrogens is 218 g/mol. The highest BCUT2D eigenvalue weighted by Gasteiger charge is 2.34. The molecule has 2 N–H and O–H groups in total. The summed E-state index contributed by atoms with van der Waals surface area (Å²) in [6.45, 7) is 3.42. The molecule has 0 unspecified atom stereocenters. The Morgan fingerprint density at radius 1 is 1.18 bits per heavy atom. The first kappa shape index (κ1) is 13.3. The fourth-order valence-corrected chi connectivity index (χ4v) is 3.06. The van der Waals surface area contributed by atoms with E-state index >= 15 is 0 Å². The van der Waals surface area contributed by atoms with Gasteiger partial charge in [-0.25, -0.2) is 0 Å². The third-order valence-corrected chi connectivity index (χ3v) is 4.03. The number of likely N-dealkylation sites (tertiary alicyclic amines) is 1. The van der Waals surface area contributed by atoms with E-state index in [-0.39, 0.29) is 6.61 Å². The van der Waals surface area contributed by atoms with Crippen molar-refractivity contribution in [3.05, 3.63) is 0 Å². The Bertz CT molecular complexity index is 221. The maximum atomic E-state index is 10.3. The lowest BCUT2D eigenvalue weighted by Crippen LogP contribution is -2.46. The highest BCUT2D eigenvalue weighted by atomic mass is 16.5. The van der Waals surface area contributed by atoms with E-state index in [0.717, 1.165) is 45.3 Å². The molecule has 0 atom stereocenters. The topological polar surface area (TPSA) is 52.9 Å². The van der Waals surface area contributed by atoms with Crippen LogP contribution in [0.2, 0.25) is 0 Å². The zero-order chi connectivity index (χ0) is 12.1. The van der Waals surface area contributed by atoms with Gasteiger partial charge in [0.25, 0.3) is 0 Å². The Balaban J connectivity index is 1.68. The molecule has 1 saturated heterocycles. The summed E-state index contributed by atoms with van der Waals surface area (Å²) in [6, 6.07) is 0. The van der Waals surface area contributed by atoms with Crippen LogP contribution in [0, 0.1) is 0 Å². The molecule has 0 aromatic carbocycles. The molecule has 2 rings (SSSR count). The summed E-state index contributed by atoms with van der Waals surface area (Å²) in [5.74, 6) is 0. The molecule has 0 spiro atoms. The molecule has 0 radical (unpaired) electrons. The predicted octanol–water partition coefficient (Wildman–Crippen LogP) is 0.765. The van der Waals surface area contributed by atoms with Crippen molar-refractivity contribution < 1.29 is 14.9 Å². The van der Waals surface area contributed by atoms with Crippen LogP contribution in [0.15, 0.2) is 0 Å². The Morgan fingerprint density at radius 3 is 2.41 bits per heavy atom. The number of β-amino-alcohol motifs (C(OH)–C–C–N with tert-alkyl or cyclic N) is 1. The van der Waals surface area contributed by atoms with Crippen LogP contribution in [-0.4, -0.2) is 59.7 Å². The van der Waals surface area contributed by atoms with Crippen molar-refractivity contribution in [1.82, 2.24) is 4.90 Å². The van der Waals surface area contributed by atoms with E-state index in [1.165, 1.54) is 12.8 Å². The van der Waals surface area contributed by atoms with Gasteiger partial charge in [-0.3, -0.25) is 0 Å². The van der Waals surface area contributed by atoms with E-state index < -0.39 is 5.60 Å². The second-order valence-electron chi connectivity index (χ2n) is 5.50. The number of piperidine rings is 1. The third-order valence-electron chi connectivity index (χ3n) is 4.03. The molecular formula is C13H25NO3. The van der Waals surface area contributed by atoms with Gasteiger partial charge in [0.2, 0.25) is 0 Å². The van der Waals surface area contributed by atoms with Crippen LogP contribution in [0.1, 0.15) is 38.5 Å². The largest absolute Gasteiger partial charge is 0.394 e. The normalized spacial score (nSPS) is 26.5. The summed E-state index contributed by atoms with van der Waals surface area (Å²) in [4.78, 5) is 2.37. The lowest BCUT2D eigenvalue weighted by Gasteiger charge is -2.36. The van der Waals surface area contributed by atoms with Gasteiger partial charge >= 0.3 is 0 Å². The number of rotatable bonds is 5. The molecule has 4 nitrogen and oxygen atoms in total. The Hall–Kier alpha value is -0.160. The maximum Gasteiger partial charge on any atom is 0.0774 e. The van der Waals surface area contributed by atoms with Gasteiger partial charge in [-0.15, -0.1) is 0 Å². The van der Waals surface area contributed by atoms with Crippen molar-refractivity contribution in [1.29, 1.82) is 0 Å². The van der Waals surface area contributed by atoms with E-state index in [0.29, 0.717) is 12.7 Å². The first-order chi connectivity index (χ1) is 8.22. The molecule has 4 heteroatoms. The van der Waals surface area contributed by atoms with Crippen molar-refractivity contribution in [3.63, 3.8) is 0 Å². The van der Waals surface area contributed by atoms with Crippen molar-refractivity contribution in [2.24, 2.45) is 0 Å². The van der Waals surface area contributed by atoms with Gasteiger partial charge < -0.3 is 19.8 Å². The molecule has 1 heterocycles. The summed E-state index contributed by atoms with van der Waals surface area (Å²) in [5.41, 5.74) is -0.418. The van der Waals surface area contributed by atoms with Gasteiger partial charge in [0.05, 0.1) is 24.9 Å². The maximum absolute atomic E-state index is 10.3. The third kappa shape index (κ3) is 3.91. The number of ether oxygens (including phenoxy) is 1. The molecule has 1 aliphatic carbocycles. The Morgan fingerprint density at radius 2 is 1.82 bits per heavy atom. The van der Waals surface area contributed by atoms with E-state index in [9.17, 15) is 5.11 Å². The molecule has 0 aromatic heterocycles. The average Bonchev–Trinajstić information content (AvgIpc) is 2.75. The van der Waals surface area contributed by atoms with E-state index in [1.54, 1.807) is 0 Å². The van der Waals surface area contributed by atoms with Gasteiger partial charge in [-0.1, -0.05) is 12.8 Å². The second kappa shape index (κ2) is 6.14. The predicted molar refractivity (Wildman–Crippen MR) is 65.9 cm³/mol. The minimum absolute atomic E-state index is 0.111. The minimum Gasteiger partial charge on any atom is -0.394 e. The summed E-state index contributed by atoms with van der Waals surface area (Å²) in [7, 11) is 0. The number of aliphatic hydroxyl groups excluding tert-OH is 1. The fraction of sp³-hybridized carbons (Fsp3) is 1.00. The first-order valence-electron chi connectivity index (χ1n) is 6.89. The average molecular weight is 243 g/mol. The van der Waals surface area contributed by atoms with Gasteiger partial charge in [0, 0.05) is 19.6 Å². The van der Waals surface area contributed by atoms with Crippen LogP contribution in [0.5, 0.6) is 0 Å². The van der Waals surface area contributed by atoms with Gasteiger partial charge in [-0.05, 0) is 25.7 Å². The number of hydrogen-bond donors (Lipinski definition) is 2. The minimum atomic E-state index is -0.418. The highest BCUT2D eigenvalue weighted by Crippen LogP contribution is 2.31. The highest BCUT2D eigenvalue weighted by molar-refractivity contribution is 4.88. The molecule has 17 heavy (non-hydrogen) atoms. The second-order valence-corrected chi connectivity index (χ2v) is 5.50. The van der Waals surface area contributed by atoms with Crippen LogP contribution in [0.3, 0.4) is 0 Å². The van der Waals surface area contributed by atoms with Gasteiger partial charge in [0.1, 0.15) is 0 Å². The molecule has 1 aliphatic heterocycles. The van der Waals surface area contributed by atoms with Crippen LogP contribution in [0.4, 0.5) is 0 Å². The van der Waals surface area contributed by atoms with Crippen molar-refractivity contribution in [3.8, 4) is 0 Å². The molecule has 2 fully saturated rings.